The zero-order chi connectivity index (χ0) is 25.1. The molecule has 9 heteroatoms. The van der Waals surface area contributed by atoms with E-state index < -0.39 is 17.8 Å². The number of esters is 2. The molecular weight excluding hydrogens is 491 g/mol. The molecule has 1 heterocycles. The third-order valence-electron chi connectivity index (χ3n) is 5.26. The third kappa shape index (κ3) is 4.96. The number of halogens is 2. The maximum absolute atomic E-state index is 13.5. The van der Waals surface area contributed by atoms with Crippen molar-refractivity contribution in [1.29, 1.82) is 0 Å². The molecule has 0 spiro atoms. The fraction of sp³-hybridized carbons (Fsp3) is 0.0769. The fourth-order valence-electron chi connectivity index (χ4n) is 3.57. The highest BCUT2D eigenvalue weighted by Gasteiger charge is 2.20. The molecule has 176 valence electrons. The molecule has 1 N–H and O–H groups in total. The SMILES string of the molecule is COC(=O)c1ccc(C(=O)OC)c(NC(=O)c2cc(-c3ccc(Cl)cc3Cl)nc3ccccc23)c1. The largest absolute Gasteiger partial charge is 0.465 e. The molecule has 0 radical (unpaired) electrons. The van der Waals surface area contributed by atoms with Crippen LogP contribution in [-0.2, 0) is 9.47 Å². The number of ether oxygens (including phenoxy) is 2. The van der Waals surface area contributed by atoms with Crippen LogP contribution in [0.5, 0.6) is 0 Å². The number of carbonyl (C=O) groups is 3. The Balaban J connectivity index is 1.83. The number of amides is 1. The molecule has 4 rings (SSSR count). The highest BCUT2D eigenvalue weighted by atomic mass is 35.5. The van der Waals surface area contributed by atoms with E-state index in [1.807, 2.05) is 0 Å². The Kier molecular flexibility index (Phi) is 7.00. The van der Waals surface area contributed by atoms with Gasteiger partial charge in [-0.3, -0.25) is 4.79 Å². The quantitative estimate of drug-likeness (QED) is 0.330. The van der Waals surface area contributed by atoms with Gasteiger partial charge in [0.15, 0.2) is 0 Å². The maximum atomic E-state index is 13.5. The minimum absolute atomic E-state index is 0.0767. The number of fused-ring (bicyclic) bond motifs is 1. The van der Waals surface area contributed by atoms with Gasteiger partial charge < -0.3 is 14.8 Å². The molecule has 7 nitrogen and oxygen atoms in total. The summed E-state index contributed by atoms with van der Waals surface area (Å²) in [5, 5.41) is 4.16. The summed E-state index contributed by atoms with van der Waals surface area (Å²) in [6.07, 6.45) is 0. The Morgan fingerprint density at radius 3 is 2.29 bits per heavy atom. The number of hydrogen-bond donors (Lipinski definition) is 1. The smallest absolute Gasteiger partial charge is 0.339 e. The van der Waals surface area contributed by atoms with Crippen molar-refractivity contribution in [2.24, 2.45) is 0 Å². The van der Waals surface area contributed by atoms with E-state index >= 15 is 0 Å². The average Bonchev–Trinajstić information content (AvgIpc) is 2.87. The summed E-state index contributed by atoms with van der Waals surface area (Å²) < 4.78 is 9.57. The van der Waals surface area contributed by atoms with Crippen LogP contribution in [0.3, 0.4) is 0 Å². The Morgan fingerprint density at radius 1 is 0.829 bits per heavy atom. The molecule has 35 heavy (non-hydrogen) atoms. The second kappa shape index (κ2) is 10.1. The molecule has 0 saturated carbocycles. The lowest BCUT2D eigenvalue weighted by molar-refractivity contribution is 0.0587. The number of aromatic nitrogens is 1. The molecule has 0 saturated heterocycles. The van der Waals surface area contributed by atoms with Gasteiger partial charge in [0.05, 0.1) is 52.8 Å². The Labute approximate surface area is 210 Å². The number of carbonyl (C=O) groups excluding carboxylic acids is 3. The van der Waals surface area contributed by atoms with Crippen LogP contribution >= 0.6 is 23.2 Å². The first-order valence-electron chi connectivity index (χ1n) is 10.3. The Morgan fingerprint density at radius 2 is 1.57 bits per heavy atom. The fourth-order valence-corrected chi connectivity index (χ4v) is 4.07. The van der Waals surface area contributed by atoms with E-state index in [0.29, 0.717) is 32.2 Å². The molecule has 0 aliphatic heterocycles. The van der Waals surface area contributed by atoms with Crippen LogP contribution in [0.25, 0.3) is 22.2 Å². The minimum Gasteiger partial charge on any atom is -0.465 e. The van der Waals surface area contributed by atoms with Crippen LogP contribution < -0.4 is 5.32 Å². The second-order valence-corrected chi connectivity index (χ2v) is 8.24. The lowest BCUT2D eigenvalue weighted by Gasteiger charge is -2.14. The molecule has 0 fully saturated rings. The number of pyridine rings is 1. The number of benzene rings is 3. The highest BCUT2D eigenvalue weighted by Crippen LogP contribution is 2.32. The topological polar surface area (TPSA) is 94.6 Å². The second-order valence-electron chi connectivity index (χ2n) is 7.39. The molecule has 0 bridgehead atoms. The molecule has 0 aliphatic carbocycles. The van der Waals surface area contributed by atoms with Gasteiger partial charge in [0.25, 0.3) is 5.91 Å². The lowest BCUT2D eigenvalue weighted by atomic mass is 10.0. The Hall–Kier alpha value is -3.94. The maximum Gasteiger partial charge on any atom is 0.339 e. The zero-order valence-corrected chi connectivity index (χ0v) is 20.1. The zero-order valence-electron chi connectivity index (χ0n) is 18.6. The highest BCUT2D eigenvalue weighted by molar-refractivity contribution is 6.36. The van der Waals surface area contributed by atoms with E-state index in [1.165, 1.54) is 32.4 Å². The number of hydrogen-bond acceptors (Lipinski definition) is 6. The van der Waals surface area contributed by atoms with Crippen molar-refractivity contribution in [3.63, 3.8) is 0 Å². The van der Waals surface area contributed by atoms with Crippen molar-refractivity contribution in [2.75, 3.05) is 19.5 Å². The van der Waals surface area contributed by atoms with Gasteiger partial charge in [-0.1, -0.05) is 41.4 Å². The summed E-state index contributed by atoms with van der Waals surface area (Å²) in [5.41, 5.74) is 2.24. The van der Waals surface area contributed by atoms with Crippen molar-refractivity contribution in [1.82, 2.24) is 4.98 Å². The van der Waals surface area contributed by atoms with Gasteiger partial charge in [-0.15, -0.1) is 0 Å². The van der Waals surface area contributed by atoms with Crippen molar-refractivity contribution in [3.05, 3.63) is 93.5 Å². The standard InChI is InChI=1S/C26H18Cl2N2O5/c1-34-25(32)14-7-9-18(26(33)35-2)22(11-14)30-24(31)19-13-23(17-10-8-15(27)12-20(17)28)29-21-6-4-3-5-16(19)21/h3-13H,1-2H3,(H,30,31). The molecule has 3 aromatic carbocycles. The number of nitrogens with zero attached hydrogens (tertiary/aromatic N) is 1. The van der Waals surface area contributed by atoms with Crippen molar-refractivity contribution < 1.29 is 23.9 Å². The third-order valence-corrected chi connectivity index (χ3v) is 5.81. The summed E-state index contributed by atoms with van der Waals surface area (Å²) in [4.78, 5) is 42.5. The van der Waals surface area contributed by atoms with Gasteiger partial charge in [-0.05, 0) is 48.5 Å². The molecule has 0 unspecified atom stereocenters. The van der Waals surface area contributed by atoms with E-state index in [0.717, 1.165) is 0 Å². The van der Waals surface area contributed by atoms with Gasteiger partial charge in [0.2, 0.25) is 0 Å². The van der Waals surface area contributed by atoms with Crippen LogP contribution in [-0.4, -0.2) is 37.0 Å². The van der Waals surface area contributed by atoms with Crippen molar-refractivity contribution in [2.45, 2.75) is 0 Å². The molecule has 0 aliphatic rings. The van der Waals surface area contributed by atoms with E-state index in [1.54, 1.807) is 48.5 Å². The summed E-state index contributed by atoms with van der Waals surface area (Å²) in [7, 11) is 2.46. The molecule has 4 aromatic rings. The number of methoxy groups -OCH3 is 2. The van der Waals surface area contributed by atoms with Gasteiger partial charge in [0, 0.05) is 16.0 Å². The van der Waals surface area contributed by atoms with Crippen LogP contribution in [0.15, 0.2) is 66.7 Å². The molecule has 0 atom stereocenters. The normalized spacial score (nSPS) is 10.6. The molecular formula is C26H18Cl2N2O5. The van der Waals surface area contributed by atoms with Gasteiger partial charge in [-0.25, -0.2) is 14.6 Å². The van der Waals surface area contributed by atoms with Crippen LogP contribution in [0, 0.1) is 0 Å². The van der Waals surface area contributed by atoms with Crippen LogP contribution in [0.1, 0.15) is 31.1 Å². The first-order chi connectivity index (χ1) is 16.8. The van der Waals surface area contributed by atoms with E-state index in [4.69, 9.17) is 32.7 Å². The monoisotopic (exact) mass is 508 g/mol. The number of rotatable bonds is 5. The van der Waals surface area contributed by atoms with Crippen LogP contribution in [0.4, 0.5) is 5.69 Å². The summed E-state index contributed by atoms with van der Waals surface area (Å²) in [6.45, 7) is 0. The average molecular weight is 509 g/mol. The first-order valence-corrected chi connectivity index (χ1v) is 11.0. The first kappa shape index (κ1) is 24.2. The van der Waals surface area contributed by atoms with Crippen LogP contribution in [0.2, 0.25) is 10.0 Å². The summed E-state index contributed by atoms with van der Waals surface area (Å²) >= 11 is 12.4. The van der Waals surface area contributed by atoms with Gasteiger partial charge in [0.1, 0.15) is 0 Å². The molecule has 1 aromatic heterocycles. The number of para-hydroxylation sites is 1. The van der Waals surface area contributed by atoms with Crippen molar-refractivity contribution in [3.8, 4) is 11.3 Å². The molecule has 1 amide bonds. The van der Waals surface area contributed by atoms with E-state index in [9.17, 15) is 14.4 Å². The van der Waals surface area contributed by atoms with Crippen molar-refractivity contribution >= 4 is 57.6 Å². The Bertz CT molecular complexity index is 1490. The van der Waals surface area contributed by atoms with Gasteiger partial charge in [-0.2, -0.15) is 0 Å². The van der Waals surface area contributed by atoms with Gasteiger partial charge >= 0.3 is 11.9 Å². The predicted octanol–water partition coefficient (Wildman–Crippen LogP) is 6.03. The van der Waals surface area contributed by atoms with E-state index in [2.05, 4.69) is 10.3 Å². The lowest BCUT2D eigenvalue weighted by Crippen LogP contribution is -2.17. The van der Waals surface area contributed by atoms with E-state index in [-0.39, 0.29) is 22.4 Å². The predicted molar refractivity (Wildman–Crippen MR) is 134 cm³/mol. The number of anilines is 1. The minimum atomic E-state index is -0.676. The summed E-state index contributed by atoms with van der Waals surface area (Å²) in [6, 6.07) is 17.9. The summed E-state index contributed by atoms with van der Waals surface area (Å²) in [5.74, 6) is -1.82. The number of nitrogens with one attached hydrogen (secondary N) is 1.